The standard InChI is InChI=1S/C14H27N3O2/c1-15-13(14(18)19-2)11-16-7-9-17(10-8-16)12-5-3-4-6-12/h12-13,15H,3-11H2,1-2H3. The minimum Gasteiger partial charge on any atom is -0.468 e. The number of hydrogen-bond donors (Lipinski definition) is 1. The zero-order valence-electron chi connectivity index (χ0n) is 12.2. The molecule has 0 aromatic carbocycles. The molecule has 1 unspecified atom stereocenters. The van der Waals surface area contributed by atoms with Gasteiger partial charge in [0.05, 0.1) is 7.11 Å². The lowest BCUT2D eigenvalue weighted by atomic mass is 10.1. The fraction of sp³-hybridized carbons (Fsp3) is 0.929. The summed E-state index contributed by atoms with van der Waals surface area (Å²) in [7, 11) is 3.26. The lowest BCUT2D eigenvalue weighted by molar-refractivity contribution is -0.143. The van der Waals surface area contributed by atoms with Crippen LogP contribution in [0, 0.1) is 0 Å². The van der Waals surface area contributed by atoms with Crippen LogP contribution in [0.1, 0.15) is 25.7 Å². The smallest absolute Gasteiger partial charge is 0.324 e. The molecule has 1 saturated carbocycles. The van der Waals surface area contributed by atoms with E-state index in [0.717, 1.165) is 38.8 Å². The van der Waals surface area contributed by atoms with E-state index in [1.54, 1.807) is 0 Å². The van der Waals surface area contributed by atoms with Gasteiger partial charge in [-0.2, -0.15) is 0 Å². The van der Waals surface area contributed by atoms with E-state index in [1.807, 2.05) is 7.05 Å². The quantitative estimate of drug-likeness (QED) is 0.728. The summed E-state index contributed by atoms with van der Waals surface area (Å²) in [5.41, 5.74) is 0. The van der Waals surface area contributed by atoms with E-state index in [2.05, 4.69) is 15.1 Å². The van der Waals surface area contributed by atoms with Crippen molar-refractivity contribution >= 4 is 5.97 Å². The largest absolute Gasteiger partial charge is 0.468 e. The van der Waals surface area contributed by atoms with Crippen LogP contribution in [0.4, 0.5) is 0 Å². The number of nitrogens with one attached hydrogen (secondary N) is 1. The fourth-order valence-electron chi connectivity index (χ4n) is 3.26. The summed E-state index contributed by atoms with van der Waals surface area (Å²) >= 11 is 0. The van der Waals surface area contributed by atoms with Gasteiger partial charge in [-0.1, -0.05) is 12.8 Å². The normalized spacial score (nSPS) is 24.5. The lowest BCUT2D eigenvalue weighted by Gasteiger charge is -2.38. The predicted octanol–water partition coefficient (Wildman–Crippen LogP) is 0.308. The molecule has 5 nitrogen and oxygen atoms in total. The second-order valence-corrected chi connectivity index (χ2v) is 5.64. The molecule has 2 rings (SSSR count). The number of likely N-dealkylation sites (N-methyl/N-ethyl adjacent to an activating group) is 1. The van der Waals surface area contributed by atoms with E-state index < -0.39 is 0 Å². The Hall–Kier alpha value is -0.650. The molecule has 0 spiro atoms. The van der Waals surface area contributed by atoms with Gasteiger partial charge in [0.1, 0.15) is 6.04 Å². The molecule has 19 heavy (non-hydrogen) atoms. The fourth-order valence-corrected chi connectivity index (χ4v) is 3.26. The van der Waals surface area contributed by atoms with Gasteiger partial charge in [0.25, 0.3) is 0 Å². The third-order valence-electron chi connectivity index (χ3n) is 4.52. The Morgan fingerprint density at radius 1 is 1.26 bits per heavy atom. The highest BCUT2D eigenvalue weighted by Crippen LogP contribution is 2.24. The van der Waals surface area contributed by atoms with E-state index in [0.29, 0.717) is 0 Å². The average molecular weight is 269 g/mol. The Morgan fingerprint density at radius 2 is 1.89 bits per heavy atom. The monoisotopic (exact) mass is 269 g/mol. The topological polar surface area (TPSA) is 44.8 Å². The molecule has 0 bridgehead atoms. The Morgan fingerprint density at radius 3 is 2.42 bits per heavy atom. The molecule has 1 saturated heterocycles. The van der Waals surface area contributed by atoms with E-state index in [-0.39, 0.29) is 12.0 Å². The molecule has 1 atom stereocenters. The van der Waals surface area contributed by atoms with Crippen molar-refractivity contribution in [1.82, 2.24) is 15.1 Å². The number of piperazine rings is 1. The van der Waals surface area contributed by atoms with Crippen LogP contribution in [0.5, 0.6) is 0 Å². The van der Waals surface area contributed by atoms with E-state index >= 15 is 0 Å². The first kappa shape index (κ1) is 14.8. The summed E-state index contributed by atoms with van der Waals surface area (Å²) in [5, 5.41) is 3.04. The molecular formula is C14H27N3O2. The van der Waals surface area contributed by atoms with Crippen molar-refractivity contribution in [1.29, 1.82) is 0 Å². The highest BCUT2D eigenvalue weighted by atomic mass is 16.5. The van der Waals surface area contributed by atoms with Crippen molar-refractivity contribution in [3.8, 4) is 0 Å². The first-order chi connectivity index (χ1) is 9.24. The molecule has 2 aliphatic rings. The Kier molecular flexibility index (Phi) is 5.60. The number of methoxy groups -OCH3 is 1. The van der Waals surface area contributed by atoms with Gasteiger partial charge in [0.2, 0.25) is 0 Å². The van der Waals surface area contributed by atoms with Crippen LogP contribution >= 0.6 is 0 Å². The predicted molar refractivity (Wildman–Crippen MR) is 75.1 cm³/mol. The van der Waals surface area contributed by atoms with Crippen molar-refractivity contribution in [3.05, 3.63) is 0 Å². The zero-order chi connectivity index (χ0) is 13.7. The maximum Gasteiger partial charge on any atom is 0.324 e. The van der Waals surface area contributed by atoms with Crippen molar-refractivity contribution < 1.29 is 9.53 Å². The molecule has 1 aliphatic heterocycles. The van der Waals surface area contributed by atoms with Crippen LogP contribution in [-0.2, 0) is 9.53 Å². The first-order valence-electron chi connectivity index (χ1n) is 7.46. The number of rotatable bonds is 5. The zero-order valence-corrected chi connectivity index (χ0v) is 12.2. The third kappa shape index (κ3) is 3.91. The van der Waals surface area contributed by atoms with Crippen LogP contribution in [0.2, 0.25) is 0 Å². The molecular weight excluding hydrogens is 242 g/mol. The first-order valence-corrected chi connectivity index (χ1v) is 7.46. The summed E-state index contributed by atoms with van der Waals surface area (Å²) in [6.45, 7) is 5.16. The Labute approximate surface area is 116 Å². The van der Waals surface area contributed by atoms with Crippen LogP contribution < -0.4 is 5.32 Å². The van der Waals surface area contributed by atoms with Gasteiger partial charge < -0.3 is 10.1 Å². The molecule has 0 aromatic heterocycles. The van der Waals surface area contributed by atoms with Crippen LogP contribution in [0.3, 0.4) is 0 Å². The van der Waals surface area contributed by atoms with E-state index in [1.165, 1.54) is 32.8 Å². The van der Waals surface area contributed by atoms with Crippen molar-refractivity contribution in [3.63, 3.8) is 0 Å². The van der Waals surface area contributed by atoms with Gasteiger partial charge in [-0.3, -0.25) is 14.6 Å². The molecule has 2 fully saturated rings. The van der Waals surface area contributed by atoms with Crippen molar-refractivity contribution in [2.24, 2.45) is 0 Å². The molecule has 1 aliphatic carbocycles. The van der Waals surface area contributed by atoms with Crippen LogP contribution in [0.15, 0.2) is 0 Å². The maximum absolute atomic E-state index is 11.6. The van der Waals surface area contributed by atoms with Gasteiger partial charge >= 0.3 is 5.97 Å². The molecule has 110 valence electrons. The van der Waals surface area contributed by atoms with Gasteiger partial charge in [-0.05, 0) is 19.9 Å². The van der Waals surface area contributed by atoms with Crippen LogP contribution in [0.25, 0.3) is 0 Å². The third-order valence-corrected chi connectivity index (χ3v) is 4.52. The molecule has 1 N–H and O–H groups in total. The van der Waals surface area contributed by atoms with E-state index in [9.17, 15) is 4.79 Å². The second-order valence-electron chi connectivity index (χ2n) is 5.64. The van der Waals surface area contributed by atoms with Gasteiger partial charge in [-0.15, -0.1) is 0 Å². The number of hydrogen-bond acceptors (Lipinski definition) is 5. The molecule has 0 aromatic rings. The number of ether oxygens (including phenoxy) is 1. The summed E-state index contributed by atoms with van der Waals surface area (Å²) in [6.07, 6.45) is 5.55. The summed E-state index contributed by atoms with van der Waals surface area (Å²) in [5.74, 6) is -0.166. The molecule has 0 radical (unpaired) electrons. The van der Waals surface area contributed by atoms with Crippen molar-refractivity contribution in [2.45, 2.75) is 37.8 Å². The molecule has 0 amide bonds. The molecule has 1 heterocycles. The number of carbonyl (C=O) groups excluding carboxylic acids is 1. The second kappa shape index (κ2) is 7.22. The minimum absolute atomic E-state index is 0.166. The number of nitrogens with zero attached hydrogens (tertiary/aromatic N) is 2. The highest BCUT2D eigenvalue weighted by molar-refractivity contribution is 5.75. The van der Waals surface area contributed by atoms with Crippen molar-refractivity contribution in [2.75, 3.05) is 46.9 Å². The van der Waals surface area contributed by atoms with E-state index in [4.69, 9.17) is 4.74 Å². The SMILES string of the molecule is CNC(CN1CCN(C2CCCC2)CC1)C(=O)OC. The minimum atomic E-state index is -0.206. The van der Waals surface area contributed by atoms with Gasteiger partial charge in [0, 0.05) is 38.8 Å². The van der Waals surface area contributed by atoms with Gasteiger partial charge in [-0.25, -0.2) is 0 Å². The van der Waals surface area contributed by atoms with Crippen LogP contribution in [-0.4, -0.2) is 74.7 Å². The molecule has 5 heteroatoms. The summed E-state index contributed by atoms with van der Waals surface area (Å²) in [4.78, 5) is 16.6. The average Bonchev–Trinajstić information content (AvgIpc) is 2.98. The lowest BCUT2D eigenvalue weighted by Crippen LogP contribution is -2.54. The summed E-state index contributed by atoms with van der Waals surface area (Å²) < 4.78 is 4.81. The maximum atomic E-state index is 11.6. The Bertz CT molecular complexity index is 284. The number of esters is 1. The number of carbonyl (C=O) groups is 1. The Balaban J connectivity index is 1.74. The van der Waals surface area contributed by atoms with Gasteiger partial charge in [0.15, 0.2) is 0 Å². The highest BCUT2D eigenvalue weighted by Gasteiger charge is 2.28. The summed E-state index contributed by atoms with van der Waals surface area (Å²) in [6, 6.07) is 0.617.